The fraction of sp³-hybridized carbons (Fsp3) is 0.368. The zero-order valence-electron chi connectivity index (χ0n) is 15.8. The van der Waals surface area contributed by atoms with E-state index in [4.69, 9.17) is 4.74 Å². The number of H-pyrrole nitrogens is 1. The van der Waals surface area contributed by atoms with Crippen LogP contribution in [0.4, 0.5) is 0 Å². The Morgan fingerprint density at radius 2 is 2.31 bits per heavy atom. The second kappa shape index (κ2) is 8.14. The molecule has 2 N–H and O–H groups in total. The number of nitrogens with one attached hydrogen (secondary N) is 1. The van der Waals surface area contributed by atoms with Crippen LogP contribution in [0.3, 0.4) is 0 Å². The smallest absolute Gasteiger partial charge is 0.344 e. The molecule has 1 aromatic carbocycles. The van der Waals surface area contributed by atoms with Gasteiger partial charge < -0.3 is 14.4 Å². The highest BCUT2D eigenvalue weighted by molar-refractivity contribution is 7.99. The van der Waals surface area contributed by atoms with Gasteiger partial charge >= 0.3 is 5.69 Å². The molecule has 1 aliphatic rings. The lowest BCUT2D eigenvalue weighted by atomic mass is 10.2. The van der Waals surface area contributed by atoms with Gasteiger partial charge in [-0.05, 0) is 25.0 Å². The minimum atomic E-state index is -0.317. The summed E-state index contributed by atoms with van der Waals surface area (Å²) in [6.07, 6.45) is 1.87. The number of imidazole rings is 1. The lowest BCUT2D eigenvalue weighted by Crippen LogP contribution is -2.25. The van der Waals surface area contributed by atoms with Gasteiger partial charge in [-0.25, -0.2) is 14.9 Å². The predicted molar refractivity (Wildman–Crippen MR) is 108 cm³/mol. The molecule has 2 aromatic heterocycles. The third-order valence-electron chi connectivity index (χ3n) is 4.88. The molecule has 0 aliphatic carbocycles. The van der Waals surface area contributed by atoms with Crippen LogP contribution in [0.15, 0.2) is 40.0 Å². The van der Waals surface area contributed by atoms with Crippen molar-refractivity contribution in [2.75, 3.05) is 12.4 Å². The zero-order valence-corrected chi connectivity index (χ0v) is 16.6. The second-order valence-electron chi connectivity index (χ2n) is 6.76. The van der Waals surface area contributed by atoms with E-state index in [0.29, 0.717) is 24.1 Å². The summed E-state index contributed by atoms with van der Waals surface area (Å²) < 4.78 is 8.88. The number of benzene rings is 1. The first-order chi connectivity index (χ1) is 14.1. The van der Waals surface area contributed by atoms with Crippen molar-refractivity contribution in [3.8, 4) is 6.07 Å². The highest BCUT2D eigenvalue weighted by Gasteiger charge is 2.21. The minimum absolute atomic E-state index is 0.0107. The quantitative estimate of drug-likeness (QED) is 0.362. The molecule has 9 nitrogen and oxygen atoms in total. The molecule has 10 heteroatoms. The maximum absolute atomic E-state index is 12.1. The van der Waals surface area contributed by atoms with Crippen LogP contribution in [0.5, 0.6) is 0 Å². The van der Waals surface area contributed by atoms with Gasteiger partial charge in [0.1, 0.15) is 17.4 Å². The maximum atomic E-state index is 12.1. The number of nitrogens with zero attached hydrogens (tertiary/aromatic N) is 5. The number of para-hydroxylation sites is 2. The van der Waals surface area contributed by atoms with E-state index >= 15 is 0 Å². The fourth-order valence-electron chi connectivity index (χ4n) is 3.38. The van der Waals surface area contributed by atoms with Crippen molar-refractivity contribution in [2.45, 2.75) is 30.6 Å². The van der Waals surface area contributed by atoms with E-state index in [1.807, 2.05) is 24.3 Å². The van der Waals surface area contributed by atoms with E-state index in [9.17, 15) is 15.2 Å². The van der Waals surface area contributed by atoms with Gasteiger partial charge in [0.2, 0.25) is 0 Å². The topological polar surface area (TPSA) is 122 Å². The van der Waals surface area contributed by atoms with Crippen molar-refractivity contribution < 1.29 is 9.84 Å². The van der Waals surface area contributed by atoms with Gasteiger partial charge in [-0.2, -0.15) is 5.26 Å². The molecule has 3 heterocycles. The number of hydrogen-bond donors (Lipinski definition) is 2. The van der Waals surface area contributed by atoms with Gasteiger partial charge in [0.05, 0.1) is 29.4 Å². The average Bonchev–Trinajstić information content (AvgIpc) is 3.44. The Bertz CT molecular complexity index is 1160. The number of fused-ring (bicyclic) bond motifs is 1. The molecule has 4 rings (SSSR count). The Hall–Kier alpha value is -3.03. The summed E-state index contributed by atoms with van der Waals surface area (Å²) in [6, 6.07) is 9.57. The molecule has 0 radical (unpaired) electrons. The molecule has 1 fully saturated rings. The number of hydrogen-bond acceptors (Lipinski definition) is 7. The van der Waals surface area contributed by atoms with Crippen LogP contribution in [-0.4, -0.2) is 47.9 Å². The molecule has 1 atom stereocenters. The highest BCUT2D eigenvalue weighted by Crippen LogP contribution is 2.25. The van der Waals surface area contributed by atoms with Gasteiger partial charge in [0.25, 0.3) is 0 Å². The molecular formula is C19H20N6O3S. The number of rotatable bonds is 6. The molecule has 1 aliphatic heterocycles. The number of nitriles is 1. The SMILES string of the molecule is Cn1c(/C(C#N)=C(\O)CSc2n[nH]c(=O)n2C[C@@H]2CCCO2)nc2ccccc21. The van der Waals surface area contributed by atoms with Crippen LogP contribution in [-0.2, 0) is 18.3 Å². The number of ether oxygens (including phenoxy) is 1. The average molecular weight is 412 g/mol. The van der Waals surface area contributed by atoms with Gasteiger partial charge in [-0.15, -0.1) is 5.10 Å². The molecule has 29 heavy (non-hydrogen) atoms. The predicted octanol–water partition coefficient (Wildman–Crippen LogP) is 2.22. The molecule has 0 bridgehead atoms. The van der Waals surface area contributed by atoms with Crippen molar-refractivity contribution in [3.05, 3.63) is 46.3 Å². The van der Waals surface area contributed by atoms with Crippen LogP contribution in [0.25, 0.3) is 16.6 Å². The summed E-state index contributed by atoms with van der Waals surface area (Å²) in [5, 5.41) is 27.1. The lowest BCUT2D eigenvalue weighted by Gasteiger charge is -2.11. The van der Waals surface area contributed by atoms with Crippen molar-refractivity contribution in [2.24, 2.45) is 7.05 Å². The van der Waals surface area contributed by atoms with E-state index in [1.54, 1.807) is 11.6 Å². The zero-order chi connectivity index (χ0) is 20.4. The van der Waals surface area contributed by atoms with E-state index in [2.05, 4.69) is 21.3 Å². The van der Waals surface area contributed by atoms with E-state index in [-0.39, 0.29) is 28.9 Å². The Kier molecular flexibility index (Phi) is 5.42. The fourth-order valence-corrected chi connectivity index (χ4v) is 4.22. The summed E-state index contributed by atoms with van der Waals surface area (Å²) in [5.41, 5.74) is 1.39. The highest BCUT2D eigenvalue weighted by atomic mass is 32.2. The van der Waals surface area contributed by atoms with Crippen LogP contribution in [0.1, 0.15) is 18.7 Å². The van der Waals surface area contributed by atoms with Gasteiger partial charge in [-0.3, -0.25) is 4.57 Å². The Morgan fingerprint density at radius 3 is 3.03 bits per heavy atom. The number of aryl methyl sites for hydroxylation is 1. The van der Waals surface area contributed by atoms with Gasteiger partial charge in [0.15, 0.2) is 11.0 Å². The van der Waals surface area contributed by atoms with Gasteiger partial charge in [0, 0.05) is 13.7 Å². The molecule has 3 aromatic rings. The third kappa shape index (κ3) is 3.79. The number of thioether (sulfide) groups is 1. The third-order valence-corrected chi connectivity index (χ3v) is 5.87. The summed E-state index contributed by atoms with van der Waals surface area (Å²) in [6.45, 7) is 1.12. The molecule has 0 unspecified atom stereocenters. The number of aromatic amines is 1. The Morgan fingerprint density at radius 1 is 1.48 bits per heavy atom. The number of aliphatic hydroxyl groups excluding tert-OH is 1. The second-order valence-corrected chi connectivity index (χ2v) is 7.70. The van der Waals surface area contributed by atoms with Crippen LogP contribution in [0, 0.1) is 11.3 Å². The molecular weight excluding hydrogens is 392 g/mol. The van der Waals surface area contributed by atoms with Crippen LogP contribution in [0.2, 0.25) is 0 Å². The van der Waals surface area contributed by atoms with E-state index in [0.717, 1.165) is 23.9 Å². The number of allylic oxidation sites excluding steroid dienone is 1. The first kappa shape index (κ1) is 19.3. The summed E-state index contributed by atoms with van der Waals surface area (Å²) >= 11 is 1.18. The molecule has 150 valence electrons. The first-order valence-electron chi connectivity index (χ1n) is 9.22. The molecule has 1 saturated heterocycles. The number of aromatic nitrogens is 5. The summed E-state index contributed by atoms with van der Waals surface area (Å²) in [5.74, 6) is 0.364. The Labute approximate surface area is 170 Å². The monoisotopic (exact) mass is 412 g/mol. The minimum Gasteiger partial charge on any atom is -0.510 e. The van der Waals surface area contributed by atoms with Crippen LogP contribution >= 0.6 is 11.8 Å². The van der Waals surface area contributed by atoms with Crippen molar-refractivity contribution in [3.63, 3.8) is 0 Å². The van der Waals surface area contributed by atoms with Gasteiger partial charge in [-0.1, -0.05) is 23.9 Å². The van der Waals surface area contributed by atoms with E-state index < -0.39 is 0 Å². The maximum Gasteiger partial charge on any atom is 0.344 e. The summed E-state index contributed by atoms with van der Waals surface area (Å²) in [4.78, 5) is 16.5. The van der Waals surface area contributed by atoms with E-state index in [1.165, 1.54) is 16.3 Å². The number of aliphatic hydroxyl groups is 1. The van der Waals surface area contributed by atoms with Crippen molar-refractivity contribution >= 4 is 28.4 Å². The molecule has 0 saturated carbocycles. The molecule has 0 amide bonds. The largest absolute Gasteiger partial charge is 0.510 e. The van der Waals surface area contributed by atoms with Crippen LogP contribution < -0.4 is 5.69 Å². The Balaban J connectivity index is 1.57. The normalized spacial score (nSPS) is 17.4. The standard InChI is InChI=1S/C19H20N6O3S/c1-24-15-7-3-2-6-14(15)21-17(24)13(9-20)16(26)11-29-19-23-22-18(27)25(19)10-12-5-4-8-28-12/h2-3,6-7,12,26H,4-5,8,10-11H2,1H3,(H,22,27)/b16-13-/t12-/m0/s1. The van der Waals surface area contributed by atoms with Crippen molar-refractivity contribution in [1.82, 2.24) is 24.3 Å². The first-order valence-corrected chi connectivity index (χ1v) is 10.2. The lowest BCUT2D eigenvalue weighted by molar-refractivity contribution is 0.0941. The molecule has 0 spiro atoms. The summed E-state index contributed by atoms with van der Waals surface area (Å²) in [7, 11) is 1.80. The van der Waals surface area contributed by atoms with Crippen molar-refractivity contribution in [1.29, 1.82) is 5.26 Å².